The predicted octanol–water partition coefficient (Wildman–Crippen LogP) is 3.74. The molecule has 1 aromatic carbocycles. The summed E-state index contributed by atoms with van der Waals surface area (Å²) in [5.74, 6) is -0.268. The number of amides is 1. The minimum atomic E-state index is -0.946. The molecule has 7 nitrogen and oxygen atoms in total. The molecule has 0 spiro atoms. The van der Waals surface area contributed by atoms with E-state index in [0.29, 0.717) is 25.6 Å². The van der Waals surface area contributed by atoms with E-state index in [1.54, 1.807) is 20.8 Å². The van der Waals surface area contributed by atoms with Crippen molar-refractivity contribution in [2.75, 3.05) is 19.8 Å². The van der Waals surface area contributed by atoms with Crippen LogP contribution in [0.2, 0.25) is 0 Å². The molecule has 4 atom stereocenters. The molecule has 0 unspecified atom stereocenters. The molecule has 1 amide bonds. The number of carbonyl (C=O) groups excluding carboxylic acids is 2. The number of cyclic esters (lactones) is 1. The summed E-state index contributed by atoms with van der Waals surface area (Å²) < 4.78 is 23.0. The minimum absolute atomic E-state index is 0.00953. The van der Waals surface area contributed by atoms with E-state index >= 15 is 0 Å². The summed E-state index contributed by atoms with van der Waals surface area (Å²) in [6.45, 7) is 12.2. The standard InChI is InChI=1S/C24H37NO6/c1-16(2)13-29-21-15-28-14-20(25-23(27)31-24(4,5)6)22(26)30-17(3)19(21)12-18-10-8-7-9-11-18/h7-11,16-17,19-21H,12-15H2,1-6H3,(H,25,27)/t17-,19-,20-,21-/m0/s1. The lowest BCUT2D eigenvalue weighted by molar-refractivity contribution is -0.155. The Bertz CT molecular complexity index is 700. The van der Waals surface area contributed by atoms with Crippen LogP contribution < -0.4 is 5.32 Å². The van der Waals surface area contributed by atoms with Crippen LogP contribution in [0.25, 0.3) is 0 Å². The molecule has 0 aliphatic carbocycles. The second kappa shape index (κ2) is 11.5. The fourth-order valence-corrected chi connectivity index (χ4v) is 3.37. The molecule has 0 radical (unpaired) electrons. The molecule has 1 aliphatic rings. The van der Waals surface area contributed by atoms with Gasteiger partial charge in [-0.1, -0.05) is 44.2 Å². The number of esters is 1. The molecule has 1 N–H and O–H groups in total. The summed E-state index contributed by atoms with van der Waals surface area (Å²) in [6.07, 6.45) is -0.662. The quantitative estimate of drug-likeness (QED) is 0.686. The van der Waals surface area contributed by atoms with Crippen molar-refractivity contribution in [2.24, 2.45) is 11.8 Å². The molecule has 2 rings (SSSR count). The second-order valence-corrected chi connectivity index (χ2v) is 9.50. The normalized spacial score (nSPS) is 25.2. The molecule has 7 heteroatoms. The zero-order chi connectivity index (χ0) is 23.0. The Labute approximate surface area is 185 Å². The Morgan fingerprint density at radius 2 is 1.87 bits per heavy atom. The van der Waals surface area contributed by atoms with Gasteiger partial charge in [0.15, 0.2) is 6.04 Å². The van der Waals surface area contributed by atoms with Crippen LogP contribution in [-0.2, 0) is 30.2 Å². The molecule has 1 aromatic rings. The van der Waals surface area contributed by atoms with Crippen LogP contribution in [0, 0.1) is 11.8 Å². The third-order valence-electron chi connectivity index (χ3n) is 4.88. The summed E-state index contributed by atoms with van der Waals surface area (Å²) in [5.41, 5.74) is 0.466. The van der Waals surface area contributed by atoms with E-state index in [1.807, 2.05) is 25.1 Å². The fraction of sp³-hybridized carbons (Fsp3) is 0.667. The number of nitrogens with one attached hydrogen (secondary N) is 1. The maximum Gasteiger partial charge on any atom is 0.408 e. The smallest absolute Gasteiger partial charge is 0.408 e. The van der Waals surface area contributed by atoms with Gasteiger partial charge in [0.25, 0.3) is 0 Å². The Morgan fingerprint density at radius 3 is 2.48 bits per heavy atom. The highest BCUT2D eigenvalue weighted by Gasteiger charge is 2.36. The van der Waals surface area contributed by atoms with Crippen molar-refractivity contribution in [3.8, 4) is 0 Å². The number of hydrogen-bond donors (Lipinski definition) is 1. The predicted molar refractivity (Wildman–Crippen MR) is 118 cm³/mol. The molecule has 1 heterocycles. The Balaban J connectivity index is 2.16. The van der Waals surface area contributed by atoms with Gasteiger partial charge in [-0.05, 0) is 45.6 Å². The molecule has 1 saturated heterocycles. The minimum Gasteiger partial charge on any atom is -0.461 e. The molecule has 174 valence electrons. The zero-order valence-corrected chi connectivity index (χ0v) is 19.6. The molecule has 1 fully saturated rings. The average molecular weight is 436 g/mol. The van der Waals surface area contributed by atoms with Gasteiger partial charge in [0.1, 0.15) is 11.7 Å². The van der Waals surface area contributed by atoms with Crippen molar-refractivity contribution in [3.63, 3.8) is 0 Å². The Hall–Kier alpha value is -2.12. The van der Waals surface area contributed by atoms with E-state index in [4.69, 9.17) is 18.9 Å². The van der Waals surface area contributed by atoms with E-state index in [1.165, 1.54) is 0 Å². The van der Waals surface area contributed by atoms with E-state index in [2.05, 4.69) is 31.3 Å². The van der Waals surface area contributed by atoms with Crippen LogP contribution >= 0.6 is 0 Å². The second-order valence-electron chi connectivity index (χ2n) is 9.50. The van der Waals surface area contributed by atoms with Gasteiger partial charge in [0.2, 0.25) is 0 Å². The average Bonchev–Trinajstić information content (AvgIpc) is 2.71. The SMILES string of the molecule is CC(C)CO[C@H]1COC[C@H](NC(=O)OC(C)(C)C)C(=O)O[C@@H](C)[C@@H]1Cc1ccccc1. The van der Waals surface area contributed by atoms with Gasteiger partial charge in [-0.3, -0.25) is 0 Å². The van der Waals surface area contributed by atoms with Crippen molar-refractivity contribution in [1.82, 2.24) is 5.32 Å². The van der Waals surface area contributed by atoms with Gasteiger partial charge in [-0.2, -0.15) is 0 Å². The summed E-state index contributed by atoms with van der Waals surface area (Å²) >= 11 is 0. The van der Waals surface area contributed by atoms with Crippen molar-refractivity contribution in [3.05, 3.63) is 35.9 Å². The van der Waals surface area contributed by atoms with Crippen LogP contribution in [-0.4, -0.2) is 55.7 Å². The first-order valence-electron chi connectivity index (χ1n) is 11.0. The lowest BCUT2D eigenvalue weighted by Gasteiger charge is -2.31. The van der Waals surface area contributed by atoms with Gasteiger partial charge < -0.3 is 24.3 Å². The summed E-state index contributed by atoms with van der Waals surface area (Å²) in [5, 5.41) is 2.57. The first-order chi connectivity index (χ1) is 14.5. The maximum absolute atomic E-state index is 12.8. The van der Waals surface area contributed by atoms with E-state index < -0.39 is 29.8 Å². The number of carbonyl (C=O) groups is 2. The molecule has 0 bridgehead atoms. The number of alkyl carbamates (subject to hydrolysis) is 1. The summed E-state index contributed by atoms with van der Waals surface area (Å²) in [7, 11) is 0. The molecular weight excluding hydrogens is 398 g/mol. The third kappa shape index (κ3) is 8.87. The van der Waals surface area contributed by atoms with Gasteiger partial charge in [-0.15, -0.1) is 0 Å². The van der Waals surface area contributed by atoms with Crippen molar-refractivity contribution in [2.45, 2.75) is 71.8 Å². The first-order valence-corrected chi connectivity index (χ1v) is 11.0. The summed E-state index contributed by atoms with van der Waals surface area (Å²) in [4.78, 5) is 25.0. The number of hydrogen-bond acceptors (Lipinski definition) is 6. The molecule has 1 aliphatic heterocycles. The van der Waals surface area contributed by atoms with Crippen LogP contribution in [0.4, 0.5) is 4.79 Å². The topological polar surface area (TPSA) is 83.1 Å². The maximum atomic E-state index is 12.8. The number of rotatable bonds is 6. The van der Waals surface area contributed by atoms with Crippen molar-refractivity contribution in [1.29, 1.82) is 0 Å². The highest BCUT2D eigenvalue weighted by molar-refractivity contribution is 5.81. The van der Waals surface area contributed by atoms with Crippen LogP contribution in [0.15, 0.2) is 30.3 Å². The fourth-order valence-electron chi connectivity index (χ4n) is 3.37. The van der Waals surface area contributed by atoms with E-state index in [0.717, 1.165) is 5.56 Å². The van der Waals surface area contributed by atoms with Gasteiger partial charge >= 0.3 is 12.1 Å². The van der Waals surface area contributed by atoms with Crippen LogP contribution in [0.5, 0.6) is 0 Å². The van der Waals surface area contributed by atoms with Gasteiger partial charge in [0.05, 0.1) is 19.3 Å². The lowest BCUT2D eigenvalue weighted by atomic mass is 9.89. The number of ether oxygens (including phenoxy) is 4. The van der Waals surface area contributed by atoms with Crippen LogP contribution in [0.3, 0.4) is 0 Å². The molecule has 0 aromatic heterocycles. The highest BCUT2D eigenvalue weighted by Crippen LogP contribution is 2.24. The molecule has 31 heavy (non-hydrogen) atoms. The lowest BCUT2D eigenvalue weighted by Crippen LogP contribution is -2.47. The Kier molecular flexibility index (Phi) is 9.32. The zero-order valence-electron chi connectivity index (χ0n) is 19.6. The van der Waals surface area contributed by atoms with E-state index in [9.17, 15) is 9.59 Å². The van der Waals surface area contributed by atoms with E-state index in [-0.39, 0.29) is 18.6 Å². The van der Waals surface area contributed by atoms with Crippen molar-refractivity contribution < 1.29 is 28.5 Å². The van der Waals surface area contributed by atoms with Gasteiger partial charge in [-0.25, -0.2) is 9.59 Å². The third-order valence-corrected chi connectivity index (χ3v) is 4.88. The van der Waals surface area contributed by atoms with Crippen molar-refractivity contribution >= 4 is 12.1 Å². The number of benzene rings is 1. The molecule has 0 saturated carbocycles. The molecular formula is C24H37NO6. The Morgan fingerprint density at radius 1 is 1.19 bits per heavy atom. The van der Waals surface area contributed by atoms with Crippen LogP contribution in [0.1, 0.15) is 47.1 Å². The summed E-state index contributed by atoms with van der Waals surface area (Å²) in [6, 6.07) is 9.10. The highest BCUT2D eigenvalue weighted by atomic mass is 16.6. The first kappa shape index (κ1) is 25.1. The monoisotopic (exact) mass is 435 g/mol. The van der Waals surface area contributed by atoms with Gasteiger partial charge in [0, 0.05) is 12.5 Å². The largest absolute Gasteiger partial charge is 0.461 e.